The summed E-state index contributed by atoms with van der Waals surface area (Å²) in [6.45, 7) is 0.199. The van der Waals surface area contributed by atoms with Crippen molar-refractivity contribution in [3.63, 3.8) is 0 Å². The molecule has 1 unspecified atom stereocenters. The number of aliphatic hydroxyl groups excluding tert-OH is 1. The second kappa shape index (κ2) is 9.31. The lowest BCUT2D eigenvalue weighted by atomic mass is 9.82. The fourth-order valence-corrected chi connectivity index (χ4v) is 4.08. The fourth-order valence-electron chi connectivity index (χ4n) is 3.81. The number of nitrogens with one attached hydrogen (secondary N) is 2. The molecule has 4 N–H and O–H groups in total. The molecule has 1 saturated carbocycles. The highest BCUT2D eigenvalue weighted by Gasteiger charge is 2.34. The van der Waals surface area contributed by atoms with Crippen LogP contribution >= 0.6 is 0 Å². The molecule has 1 aromatic carbocycles. The largest absolute Gasteiger partial charge is 0.503 e. The van der Waals surface area contributed by atoms with Crippen LogP contribution in [0.25, 0.3) is 0 Å². The zero-order valence-corrected chi connectivity index (χ0v) is 16.3. The van der Waals surface area contributed by atoms with Crippen LogP contribution in [0.4, 0.5) is 0 Å². The lowest BCUT2D eigenvalue weighted by Crippen LogP contribution is -2.39. The van der Waals surface area contributed by atoms with Crippen molar-refractivity contribution in [3.8, 4) is 0 Å². The summed E-state index contributed by atoms with van der Waals surface area (Å²) in [5, 5.41) is 13.0. The zero-order valence-electron chi connectivity index (χ0n) is 15.5. The summed E-state index contributed by atoms with van der Waals surface area (Å²) in [7, 11) is 0. The molecule has 0 radical (unpaired) electrons. The van der Waals surface area contributed by atoms with E-state index in [2.05, 4.69) is 22.2 Å². The van der Waals surface area contributed by atoms with Gasteiger partial charge in [-0.1, -0.05) is 30.3 Å². The maximum absolute atomic E-state index is 12.5. The molecule has 1 fully saturated rings. The molecule has 0 aromatic heterocycles. The van der Waals surface area contributed by atoms with Gasteiger partial charge in [-0.15, -0.1) is 0 Å². The highest BCUT2D eigenvalue weighted by molar-refractivity contribution is 7.77. The van der Waals surface area contributed by atoms with E-state index in [-0.39, 0.29) is 31.2 Å². The Morgan fingerprint density at radius 1 is 1.18 bits per heavy atom. The van der Waals surface area contributed by atoms with Gasteiger partial charge in [-0.3, -0.25) is 14.1 Å². The number of rotatable bonds is 7. The van der Waals surface area contributed by atoms with Crippen LogP contribution in [-0.2, 0) is 20.9 Å². The molecule has 3 rings (SSSR count). The Morgan fingerprint density at radius 3 is 2.50 bits per heavy atom. The minimum absolute atomic E-state index is 0.00436. The number of benzene rings is 1. The molecule has 1 aromatic rings. The number of carbonyl (C=O) groups excluding carboxylic acids is 2. The van der Waals surface area contributed by atoms with Crippen molar-refractivity contribution in [1.29, 1.82) is 0 Å². The molecule has 0 bridgehead atoms. The summed E-state index contributed by atoms with van der Waals surface area (Å²) in [6, 6.07) is 10.4. The third-order valence-corrected chi connectivity index (χ3v) is 5.79. The molecule has 2 aliphatic rings. The van der Waals surface area contributed by atoms with Gasteiger partial charge < -0.3 is 15.3 Å². The van der Waals surface area contributed by atoms with Crippen molar-refractivity contribution in [3.05, 3.63) is 47.2 Å². The molecular weight excluding hydrogens is 382 g/mol. The highest BCUT2D eigenvalue weighted by atomic mass is 32.2. The van der Waals surface area contributed by atoms with Gasteiger partial charge in [0.1, 0.15) is 0 Å². The molecule has 152 valence electrons. The van der Waals surface area contributed by atoms with E-state index in [0.29, 0.717) is 5.92 Å². The van der Waals surface area contributed by atoms with E-state index < -0.39 is 28.8 Å². The topological polar surface area (TPSA) is 119 Å². The maximum Gasteiger partial charge on any atom is 0.289 e. The Bertz CT molecular complexity index is 775. The molecular formula is C19H25N3O5S. The minimum atomic E-state index is -2.17. The molecule has 0 spiro atoms. The van der Waals surface area contributed by atoms with E-state index in [0.717, 1.165) is 25.7 Å². The lowest BCUT2D eigenvalue weighted by molar-refractivity contribution is -0.127. The van der Waals surface area contributed by atoms with Crippen molar-refractivity contribution in [2.75, 3.05) is 19.6 Å². The zero-order chi connectivity index (χ0) is 20.1. The number of aliphatic hydroxyl groups is 1. The Hall–Kier alpha value is -2.23. The van der Waals surface area contributed by atoms with Crippen molar-refractivity contribution in [1.82, 2.24) is 14.9 Å². The molecule has 8 nitrogen and oxygen atoms in total. The molecule has 1 heterocycles. The first kappa shape index (κ1) is 20.5. The summed E-state index contributed by atoms with van der Waals surface area (Å²) < 4.78 is 21.6. The van der Waals surface area contributed by atoms with Gasteiger partial charge in [0.2, 0.25) is 11.3 Å². The van der Waals surface area contributed by atoms with Crippen LogP contribution in [-0.4, -0.2) is 56.3 Å². The van der Waals surface area contributed by atoms with Gasteiger partial charge >= 0.3 is 0 Å². The molecule has 2 amide bonds. The average molecular weight is 407 g/mol. The monoisotopic (exact) mass is 407 g/mol. The summed E-state index contributed by atoms with van der Waals surface area (Å²) in [5.74, 6) is -1.10. The molecule has 1 aliphatic heterocycles. The van der Waals surface area contributed by atoms with Crippen LogP contribution in [0, 0.1) is 0 Å². The van der Waals surface area contributed by atoms with Crippen LogP contribution in [0.2, 0.25) is 0 Å². The number of hydrogen-bond acceptors (Lipinski definition) is 4. The van der Waals surface area contributed by atoms with Crippen LogP contribution in [0.5, 0.6) is 0 Å². The molecule has 9 heteroatoms. The van der Waals surface area contributed by atoms with E-state index in [1.54, 1.807) is 0 Å². The average Bonchev–Trinajstić information content (AvgIpc) is 2.98. The van der Waals surface area contributed by atoms with Gasteiger partial charge in [0, 0.05) is 19.1 Å². The Kier molecular flexibility index (Phi) is 6.82. The van der Waals surface area contributed by atoms with Crippen LogP contribution in [0.1, 0.15) is 37.2 Å². The fraction of sp³-hybridized carbons (Fsp3) is 0.474. The Morgan fingerprint density at radius 2 is 1.86 bits per heavy atom. The van der Waals surface area contributed by atoms with Gasteiger partial charge in [0.15, 0.2) is 5.76 Å². The van der Waals surface area contributed by atoms with Crippen molar-refractivity contribution in [2.24, 2.45) is 0 Å². The first-order chi connectivity index (χ1) is 13.5. The van der Waals surface area contributed by atoms with Gasteiger partial charge in [-0.2, -0.15) is 0 Å². The van der Waals surface area contributed by atoms with Crippen LogP contribution < -0.4 is 10.0 Å². The van der Waals surface area contributed by atoms with Crippen molar-refractivity contribution < 1.29 is 23.5 Å². The molecule has 28 heavy (non-hydrogen) atoms. The van der Waals surface area contributed by atoms with Crippen LogP contribution in [0.15, 0.2) is 41.7 Å². The maximum atomic E-state index is 12.5. The van der Waals surface area contributed by atoms with Gasteiger partial charge in [-0.25, -0.2) is 8.93 Å². The van der Waals surface area contributed by atoms with E-state index in [4.69, 9.17) is 4.55 Å². The first-order valence-electron chi connectivity index (χ1n) is 9.37. The van der Waals surface area contributed by atoms with Crippen molar-refractivity contribution >= 4 is 23.1 Å². The summed E-state index contributed by atoms with van der Waals surface area (Å²) in [6.07, 6.45) is 3.66. The number of carbonyl (C=O) groups is 2. The predicted molar refractivity (Wildman–Crippen MR) is 105 cm³/mol. The van der Waals surface area contributed by atoms with E-state index in [1.165, 1.54) is 10.5 Å². The van der Waals surface area contributed by atoms with E-state index in [9.17, 15) is 18.9 Å². The molecule has 1 aliphatic carbocycles. The highest BCUT2D eigenvalue weighted by Crippen LogP contribution is 2.32. The quantitative estimate of drug-likeness (QED) is 0.507. The molecule has 0 saturated heterocycles. The van der Waals surface area contributed by atoms with Crippen molar-refractivity contribution in [2.45, 2.75) is 37.6 Å². The third kappa shape index (κ3) is 4.98. The number of nitrogens with zero attached hydrogens (tertiary/aromatic N) is 1. The second-order valence-corrected chi connectivity index (χ2v) is 7.92. The molecule has 1 atom stereocenters. The SMILES string of the molecule is O=C(NC1CCC(c2ccccc2)CC1)C1=C(O)C(=O)N(CCNS(=O)O)C1. The normalized spacial score (nSPS) is 23.8. The Labute approximate surface area is 166 Å². The predicted octanol–water partition coefficient (Wildman–Crippen LogP) is 1.21. The lowest BCUT2D eigenvalue weighted by Gasteiger charge is -2.29. The summed E-state index contributed by atoms with van der Waals surface area (Å²) >= 11 is -2.17. The minimum Gasteiger partial charge on any atom is -0.503 e. The summed E-state index contributed by atoms with van der Waals surface area (Å²) in [5.41, 5.74) is 1.38. The van der Waals surface area contributed by atoms with E-state index >= 15 is 0 Å². The van der Waals surface area contributed by atoms with Crippen LogP contribution in [0.3, 0.4) is 0 Å². The second-order valence-electron chi connectivity index (χ2n) is 7.13. The number of hydrogen-bond donors (Lipinski definition) is 4. The van der Waals surface area contributed by atoms with E-state index in [1.807, 2.05) is 18.2 Å². The third-order valence-electron chi connectivity index (χ3n) is 5.34. The van der Waals surface area contributed by atoms with Gasteiger partial charge in [0.05, 0.1) is 12.1 Å². The standard InChI is InChI=1S/C19H25N3O5S/c23-17-16(12-22(19(17)25)11-10-20-28(26)27)18(24)21-15-8-6-14(7-9-15)13-4-2-1-3-5-13/h1-5,14-15,20,23H,6-12H2,(H,21,24)(H,26,27). The smallest absolute Gasteiger partial charge is 0.289 e. The summed E-state index contributed by atoms with van der Waals surface area (Å²) in [4.78, 5) is 25.9. The van der Waals surface area contributed by atoms with Gasteiger partial charge in [0.25, 0.3) is 11.8 Å². The number of amides is 2. The first-order valence-corrected chi connectivity index (χ1v) is 10.5. The van der Waals surface area contributed by atoms with Gasteiger partial charge in [-0.05, 0) is 37.2 Å². The Balaban J connectivity index is 1.49.